The number of allylic oxidation sites excluding steroid dienone is 3. The second kappa shape index (κ2) is 12.8. The summed E-state index contributed by atoms with van der Waals surface area (Å²) < 4.78 is 11.5. The van der Waals surface area contributed by atoms with E-state index in [2.05, 4.69) is 6.07 Å². The van der Waals surface area contributed by atoms with Gasteiger partial charge in [-0.3, -0.25) is 19.8 Å². The van der Waals surface area contributed by atoms with Crippen LogP contribution in [0.25, 0.3) is 0 Å². The van der Waals surface area contributed by atoms with Gasteiger partial charge in [0.25, 0.3) is 5.69 Å². The quantitative estimate of drug-likeness (QED) is 0.112. The normalized spacial score (nSPS) is 16.5. The standard InChI is InChI=1S/C30H21Cl5N4O5/c1-43-21-9-8-14(10-15(21)13-44-29-27(34)25(32)24(31)26(33)28(29)35)22-18(12-36)30(37)38(19-6-3-7-20(40)23(19)22)16-4-2-5-17(11-16)39(41)42/h2,4-5,8-11,22H,3,6-7,13,37H2,1H3/t22-/m1/s1. The maximum atomic E-state index is 13.5. The Bertz CT molecular complexity index is 1810. The van der Waals surface area contributed by atoms with Crippen LogP contribution in [0.5, 0.6) is 11.5 Å². The summed E-state index contributed by atoms with van der Waals surface area (Å²) in [5.41, 5.74) is 9.06. The van der Waals surface area contributed by atoms with Crippen LogP contribution >= 0.6 is 58.0 Å². The van der Waals surface area contributed by atoms with Crippen molar-refractivity contribution in [1.29, 1.82) is 5.26 Å². The number of ether oxygens (including phenoxy) is 2. The van der Waals surface area contributed by atoms with Crippen LogP contribution in [0, 0.1) is 21.4 Å². The van der Waals surface area contributed by atoms with E-state index in [0.717, 1.165) is 0 Å². The highest BCUT2D eigenvalue weighted by molar-refractivity contribution is 6.55. The summed E-state index contributed by atoms with van der Waals surface area (Å²) in [6.07, 6.45) is 1.30. The highest BCUT2D eigenvalue weighted by Gasteiger charge is 2.40. The van der Waals surface area contributed by atoms with E-state index in [1.165, 1.54) is 25.3 Å². The second-order valence-corrected chi connectivity index (χ2v) is 11.7. The molecule has 5 rings (SSSR count). The van der Waals surface area contributed by atoms with Gasteiger partial charge in [0.15, 0.2) is 11.5 Å². The van der Waals surface area contributed by atoms with Crippen LogP contribution in [0.2, 0.25) is 25.1 Å². The summed E-state index contributed by atoms with van der Waals surface area (Å²) in [5, 5.41) is 21.7. The number of halogens is 5. The summed E-state index contributed by atoms with van der Waals surface area (Å²) in [4.78, 5) is 26.1. The highest BCUT2D eigenvalue weighted by atomic mass is 35.5. The van der Waals surface area contributed by atoms with Crippen molar-refractivity contribution in [2.75, 3.05) is 12.0 Å². The van der Waals surface area contributed by atoms with Gasteiger partial charge in [-0.1, -0.05) is 70.1 Å². The zero-order chi connectivity index (χ0) is 31.9. The molecule has 1 aliphatic carbocycles. The van der Waals surface area contributed by atoms with E-state index >= 15 is 0 Å². The van der Waals surface area contributed by atoms with Crippen LogP contribution < -0.4 is 20.1 Å². The lowest BCUT2D eigenvalue weighted by Crippen LogP contribution is -2.38. The first kappa shape index (κ1) is 31.8. The topological polar surface area (TPSA) is 132 Å². The van der Waals surface area contributed by atoms with Gasteiger partial charge in [0.05, 0.1) is 50.3 Å². The SMILES string of the molecule is COc1ccc([C@@H]2C(C#N)=C(N)N(c3cccc([N+](=O)[O-])c3)C3=C2C(=O)CCC3)cc1COc1c(Cl)c(Cl)c(Cl)c(Cl)c1Cl. The number of benzene rings is 3. The molecule has 14 heteroatoms. The predicted octanol–water partition coefficient (Wildman–Crippen LogP) is 8.75. The van der Waals surface area contributed by atoms with Gasteiger partial charge >= 0.3 is 0 Å². The molecule has 0 saturated carbocycles. The summed E-state index contributed by atoms with van der Waals surface area (Å²) in [6, 6.07) is 13.2. The Morgan fingerprint density at radius 1 is 1.05 bits per heavy atom. The smallest absolute Gasteiger partial charge is 0.271 e. The van der Waals surface area contributed by atoms with Gasteiger partial charge in [-0.15, -0.1) is 0 Å². The average molecular weight is 695 g/mol. The monoisotopic (exact) mass is 692 g/mol. The zero-order valence-electron chi connectivity index (χ0n) is 22.8. The molecule has 0 aromatic heterocycles. The number of hydrogen-bond acceptors (Lipinski definition) is 8. The number of non-ortho nitro benzene ring substituents is 1. The molecule has 0 spiro atoms. The van der Waals surface area contributed by atoms with Crippen LogP contribution in [0.3, 0.4) is 0 Å². The number of carbonyl (C=O) groups is 1. The van der Waals surface area contributed by atoms with Gasteiger partial charge in [-0.05, 0) is 36.6 Å². The van der Waals surface area contributed by atoms with E-state index in [4.69, 9.17) is 73.2 Å². The van der Waals surface area contributed by atoms with E-state index in [-0.39, 0.29) is 66.8 Å². The summed E-state index contributed by atoms with van der Waals surface area (Å²) in [6.45, 7) is -0.113. The van der Waals surface area contributed by atoms with Gasteiger partial charge in [0, 0.05) is 35.4 Å². The number of methoxy groups -OCH3 is 1. The number of hydrogen-bond donors (Lipinski definition) is 1. The molecule has 2 N–H and O–H groups in total. The number of nitro benzene ring substituents is 1. The Hall–Kier alpha value is -3.65. The van der Waals surface area contributed by atoms with Gasteiger partial charge in [0.1, 0.15) is 28.2 Å². The van der Waals surface area contributed by atoms with Crippen molar-refractivity contribution >= 4 is 75.2 Å². The fraction of sp³-hybridized carbons (Fsp3) is 0.200. The molecule has 0 unspecified atom stereocenters. The predicted molar refractivity (Wildman–Crippen MR) is 170 cm³/mol. The number of nitrogens with zero attached hydrogens (tertiary/aromatic N) is 3. The molecule has 0 bridgehead atoms. The number of nitriles is 1. The zero-order valence-corrected chi connectivity index (χ0v) is 26.6. The molecular formula is C30H21Cl5N4O5. The van der Waals surface area contributed by atoms with Crippen molar-refractivity contribution in [3.05, 3.63) is 111 Å². The van der Waals surface area contributed by atoms with Crippen molar-refractivity contribution < 1.29 is 19.2 Å². The van der Waals surface area contributed by atoms with Crippen molar-refractivity contribution in [2.24, 2.45) is 5.73 Å². The second-order valence-electron chi connectivity index (χ2n) is 9.85. The Morgan fingerprint density at radius 3 is 2.36 bits per heavy atom. The molecule has 1 heterocycles. The van der Waals surface area contributed by atoms with Gasteiger partial charge in [0.2, 0.25) is 0 Å². The molecule has 2 aliphatic rings. The first-order chi connectivity index (χ1) is 21.0. The number of nitro groups is 1. The number of ketones is 1. The Morgan fingerprint density at radius 2 is 1.73 bits per heavy atom. The molecule has 0 saturated heterocycles. The lowest BCUT2D eigenvalue weighted by atomic mass is 9.75. The van der Waals surface area contributed by atoms with Gasteiger partial charge < -0.3 is 15.2 Å². The maximum Gasteiger partial charge on any atom is 0.271 e. The van der Waals surface area contributed by atoms with E-state index in [1.54, 1.807) is 29.2 Å². The Balaban J connectivity index is 1.62. The van der Waals surface area contributed by atoms with Crippen molar-refractivity contribution in [3.63, 3.8) is 0 Å². The molecule has 1 atom stereocenters. The summed E-state index contributed by atoms with van der Waals surface area (Å²) >= 11 is 31.2. The van der Waals surface area contributed by atoms with E-state index in [0.29, 0.717) is 46.7 Å². The number of Topliss-reactive ketones (excluding diaryl/α,β-unsaturated/α-hetero) is 1. The third kappa shape index (κ3) is 5.53. The molecule has 9 nitrogen and oxygen atoms in total. The van der Waals surface area contributed by atoms with Crippen molar-refractivity contribution in [3.8, 4) is 17.6 Å². The van der Waals surface area contributed by atoms with E-state index in [9.17, 15) is 20.2 Å². The van der Waals surface area contributed by atoms with E-state index < -0.39 is 10.8 Å². The number of nitrogens with two attached hydrogens (primary N) is 1. The summed E-state index contributed by atoms with van der Waals surface area (Å²) in [7, 11) is 1.48. The average Bonchev–Trinajstić information content (AvgIpc) is 3.02. The van der Waals surface area contributed by atoms with Crippen LogP contribution in [-0.4, -0.2) is 17.8 Å². The molecule has 0 fully saturated rings. The highest BCUT2D eigenvalue weighted by Crippen LogP contribution is 2.50. The molecule has 0 amide bonds. The van der Waals surface area contributed by atoms with E-state index in [1.807, 2.05) is 0 Å². The fourth-order valence-corrected chi connectivity index (χ4v) is 6.64. The number of rotatable bonds is 7. The molecule has 3 aromatic carbocycles. The van der Waals surface area contributed by atoms with Crippen molar-refractivity contribution in [1.82, 2.24) is 0 Å². The Labute approximate surface area is 277 Å². The summed E-state index contributed by atoms with van der Waals surface area (Å²) in [5.74, 6) is -0.428. The third-order valence-corrected chi connectivity index (χ3v) is 9.63. The minimum absolute atomic E-state index is 0.0126. The molecule has 1 aliphatic heterocycles. The maximum absolute atomic E-state index is 13.5. The molecule has 226 valence electrons. The number of anilines is 1. The van der Waals surface area contributed by atoms with Crippen LogP contribution in [0.1, 0.15) is 36.3 Å². The van der Waals surface area contributed by atoms with Crippen molar-refractivity contribution in [2.45, 2.75) is 31.8 Å². The first-order valence-corrected chi connectivity index (χ1v) is 14.9. The molecular weight excluding hydrogens is 674 g/mol. The number of carbonyl (C=O) groups excluding carboxylic acids is 1. The molecule has 3 aromatic rings. The third-order valence-electron chi connectivity index (χ3n) is 7.39. The largest absolute Gasteiger partial charge is 0.496 e. The first-order valence-electron chi connectivity index (χ1n) is 13.0. The lowest BCUT2D eigenvalue weighted by Gasteiger charge is -2.39. The minimum Gasteiger partial charge on any atom is -0.496 e. The van der Waals surface area contributed by atoms with Gasteiger partial charge in [-0.25, -0.2) is 0 Å². The molecule has 0 radical (unpaired) electrons. The van der Waals surface area contributed by atoms with Gasteiger partial charge in [-0.2, -0.15) is 5.26 Å². The molecule has 44 heavy (non-hydrogen) atoms. The van der Waals surface area contributed by atoms with Crippen LogP contribution in [0.4, 0.5) is 11.4 Å². The Kier molecular flexibility index (Phi) is 9.21. The fourth-order valence-electron chi connectivity index (χ4n) is 5.41. The lowest BCUT2D eigenvalue weighted by molar-refractivity contribution is -0.384. The van der Waals surface area contributed by atoms with Crippen LogP contribution in [-0.2, 0) is 11.4 Å². The minimum atomic E-state index is -0.811. The van der Waals surface area contributed by atoms with Crippen LogP contribution in [0.15, 0.2) is 65.1 Å².